The summed E-state index contributed by atoms with van der Waals surface area (Å²) in [7, 11) is 2.34. The van der Waals surface area contributed by atoms with Gasteiger partial charge in [-0.2, -0.15) is 0 Å². The summed E-state index contributed by atoms with van der Waals surface area (Å²) in [6.07, 6.45) is 6.49. The fraction of sp³-hybridized carbons (Fsp3) is 0.765. The minimum atomic E-state index is -0.899. The summed E-state index contributed by atoms with van der Waals surface area (Å²) < 4.78 is 5.50. The molecule has 0 amide bonds. The van der Waals surface area contributed by atoms with Crippen LogP contribution in [-0.2, 0) is 4.52 Å². The van der Waals surface area contributed by atoms with Gasteiger partial charge in [0.25, 0.3) is 0 Å². The van der Waals surface area contributed by atoms with E-state index in [0.717, 1.165) is 0 Å². The second-order valence-electron chi connectivity index (χ2n) is 7.89. The average molecular weight is 300 g/mol. The first kappa shape index (κ1) is 19.8. The minimum Gasteiger partial charge on any atom is -0.385 e. The Morgan fingerprint density at radius 2 is 1.70 bits per heavy atom. The van der Waals surface area contributed by atoms with E-state index in [0.29, 0.717) is 6.42 Å². The van der Waals surface area contributed by atoms with E-state index in [4.69, 9.17) is 4.52 Å². The highest BCUT2D eigenvalue weighted by Crippen LogP contribution is 2.38. The van der Waals surface area contributed by atoms with E-state index in [9.17, 15) is 5.11 Å². The molecule has 4 atom stereocenters. The molecule has 0 aliphatic heterocycles. The van der Waals surface area contributed by atoms with Gasteiger partial charge in [0.15, 0.2) is 0 Å². The predicted molar refractivity (Wildman–Crippen MR) is 91.6 cm³/mol. The van der Waals surface area contributed by atoms with E-state index >= 15 is 0 Å². The first-order valence-electron chi connectivity index (χ1n) is 7.27. The number of allylic oxidation sites excluding steroid dienone is 1. The number of hydrogen-bond donors (Lipinski definition) is 1. The Balaban J connectivity index is 5.00. The van der Waals surface area contributed by atoms with Crippen LogP contribution in [0.3, 0.4) is 0 Å². The highest BCUT2D eigenvalue weighted by atomic mass is 31.0. The summed E-state index contributed by atoms with van der Waals surface area (Å²) in [6, 6.07) is 0. The van der Waals surface area contributed by atoms with E-state index in [2.05, 4.69) is 55.9 Å². The van der Waals surface area contributed by atoms with E-state index in [1.165, 1.54) is 0 Å². The summed E-state index contributed by atoms with van der Waals surface area (Å²) in [6.45, 7) is 18.5. The van der Waals surface area contributed by atoms with Crippen LogP contribution < -0.4 is 0 Å². The normalized spacial score (nSPS) is 19.6. The van der Waals surface area contributed by atoms with Crippen molar-refractivity contribution in [3.63, 3.8) is 0 Å². The molecular formula is C17H33O2P. The maximum atomic E-state index is 10.8. The summed E-state index contributed by atoms with van der Waals surface area (Å²) >= 11 is 0. The molecule has 0 heterocycles. The molecule has 0 spiro atoms. The summed E-state index contributed by atoms with van der Waals surface area (Å²) in [5.74, 6) is 0.188. The van der Waals surface area contributed by atoms with Gasteiger partial charge in [-0.3, -0.25) is 0 Å². The third kappa shape index (κ3) is 6.08. The van der Waals surface area contributed by atoms with Crippen molar-refractivity contribution in [1.29, 1.82) is 0 Å². The third-order valence-electron chi connectivity index (χ3n) is 3.77. The van der Waals surface area contributed by atoms with E-state index in [-0.39, 0.29) is 22.9 Å². The fourth-order valence-electron chi connectivity index (χ4n) is 2.06. The van der Waals surface area contributed by atoms with Crippen molar-refractivity contribution in [2.75, 3.05) is 0 Å². The number of hydrogen-bond acceptors (Lipinski definition) is 2. The van der Waals surface area contributed by atoms with Crippen LogP contribution in [0.15, 0.2) is 24.8 Å². The second-order valence-corrected chi connectivity index (χ2v) is 8.16. The third-order valence-corrected chi connectivity index (χ3v) is 4.09. The topological polar surface area (TPSA) is 29.5 Å². The van der Waals surface area contributed by atoms with Crippen molar-refractivity contribution in [3.8, 4) is 0 Å². The second kappa shape index (κ2) is 7.20. The predicted octanol–water partition coefficient (Wildman–Crippen LogP) is 4.75. The maximum Gasteiger partial charge on any atom is 0.0876 e. The summed E-state index contributed by atoms with van der Waals surface area (Å²) in [5.41, 5.74) is -1.02. The molecule has 20 heavy (non-hydrogen) atoms. The van der Waals surface area contributed by atoms with E-state index in [1.54, 1.807) is 6.08 Å². The van der Waals surface area contributed by atoms with Gasteiger partial charge in [0.05, 0.1) is 11.7 Å². The Bertz CT molecular complexity index is 336. The van der Waals surface area contributed by atoms with Crippen LogP contribution in [0.25, 0.3) is 0 Å². The average Bonchev–Trinajstić information content (AvgIpc) is 2.26. The van der Waals surface area contributed by atoms with Crippen LogP contribution in [0, 0.1) is 16.7 Å². The lowest BCUT2D eigenvalue weighted by Gasteiger charge is -2.40. The quantitative estimate of drug-likeness (QED) is 0.566. The zero-order chi connectivity index (χ0) is 16.2. The molecule has 0 aromatic heterocycles. The molecule has 0 rings (SSSR count). The van der Waals surface area contributed by atoms with Crippen LogP contribution in [0.1, 0.15) is 54.9 Å². The molecule has 0 aromatic carbocycles. The summed E-state index contributed by atoms with van der Waals surface area (Å²) in [5, 5.41) is 10.8. The molecule has 0 saturated heterocycles. The van der Waals surface area contributed by atoms with Gasteiger partial charge < -0.3 is 9.63 Å². The minimum absolute atomic E-state index is 0.0342. The lowest BCUT2D eigenvalue weighted by molar-refractivity contribution is -0.0391. The Morgan fingerprint density at radius 3 is 2.00 bits per heavy atom. The Kier molecular flexibility index (Phi) is 7.14. The van der Waals surface area contributed by atoms with Crippen LogP contribution >= 0.6 is 9.47 Å². The van der Waals surface area contributed by atoms with Crippen molar-refractivity contribution in [2.45, 2.75) is 66.6 Å². The van der Waals surface area contributed by atoms with Crippen molar-refractivity contribution >= 4 is 9.47 Å². The first-order chi connectivity index (χ1) is 8.86. The molecule has 118 valence electrons. The van der Waals surface area contributed by atoms with E-state index in [1.807, 2.05) is 20.8 Å². The van der Waals surface area contributed by atoms with Gasteiger partial charge in [0.2, 0.25) is 0 Å². The lowest BCUT2D eigenvalue weighted by Crippen LogP contribution is -2.43. The smallest absolute Gasteiger partial charge is 0.0876 e. The molecule has 0 saturated carbocycles. The number of aliphatic hydroxyl groups is 1. The highest BCUT2D eigenvalue weighted by molar-refractivity contribution is 7.09. The molecular weight excluding hydrogens is 267 g/mol. The van der Waals surface area contributed by atoms with Crippen molar-refractivity contribution in [1.82, 2.24) is 0 Å². The molecule has 0 bridgehead atoms. The van der Waals surface area contributed by atoms with Gasteiger partial charge in [-0.25, -0.2) is 0 Å². The van der Waals surface area contributed by atoms with Crippen LogP contribution in [0.4, 0.5) is 0 Å². The monoisotopic (exact) mass is 300 g/mol. The lowest BCUT2D eigenvalue weighted by atomic mass is 9.71. The summed E-state index contributed by atoms with van der Waals surface area (Å²) in [4.78, 5) is 0. The van der Waals surface area contributed by atoms with E-state index < -0.39 is 5.60 Å². The van der Waals surface area contributed by atoms with Crippen molar-refractivity contribution < 1.29 is 9.63 Å². The van der Waals surface area contributed by atoms with Gasteiger partial charge in [-0.15, -0.1) is 6.58 Å². The largest absolute Gasteiger partial charge is 0.385 e. The molecule has 0 aliphatic rings. The zero-order valence-corrected chi connectivity index (χ0v) is 15.4. The maximum absolute atomic E-state index is 10.8. The van der Waals surface area contributed by atoms with Crippen LogP contribution in [-0.4, -0.2) is 16.8 Å². The SMILES string of the molecule is C=C[C@@](O)(C[C@@H](C)[C@H](/C=C/C(C)(C)C)OP)C(C)(C)C. The standard InChI is InChI=1S/C17H33O2P/c1-9-17(18,16(6,7)8)12-13(2)14(19-20)10-11-15(3,4)5/h9-11,13-14,18H,1,12,20H2,2-8H3/b11-10+/t13-,14+,17-/m1/s1. The van der Waals surface area contributed by atoms with Gasteiger partial charge in [-0.05, 0) is 23.2 Å². The number of rotatable bonds is 6. The van der Waals surface area contributed by atoms with Gasteiger partial charge in [-0.1, -0.05) is 66.7 Å². The van der Waals surface area contributed by atoms with Crippen LogP contribution in [0.5, 0.6) is 0 Å². The molecule has 2 nitrogen and oxygen atoms in total. The zero-order valence-electron chi connectivity index (χ0n) is 14.2. The first-order valence-corrected chi connectivity index (χ1v) is 7.74. The Morgan fingerprint density at radius 1 is 1.20 bits per heavy atom. The highest BCUT2D eigenvalue weighted by Gasteiger charge is 2.39. The molecule has 1 unspecified atom stereocenters. The van der Waals surface area contributed by atoms with Gasteiger partial charge in [0, 0.05) is 9.47 Å². The molecule has 0 aromatic rings. The molecule has 0 radical (unpaired) electrons. The molecule has 3 heteroatoms. The van der Waals surface area contributed by atoms with Gasteiger partial charge >= 0.3 is 0 Å². The van der Waals surface area contributed by atoms with Crippen molar-refractivity contribution in [2.24, 2.45) is 16.7 Å². The molecule has 1 N–H and O–H groups in total. The van der Waals surface area contributed by atoms with Crippen molar-refractivity contribution in [3.05, 3.63) is 24.8 Å². The molecule has 0 aliphatic carbocycles. The van der Waals surface area contributed by atoms with Crippen LogP contribution in [0.2, 0.25) is 0 Å². The Labute approximate surface area is 128 Å². The van der Waals surface area contributed by atoms with Gasteiger partial charge in [0.1, 0.15) is 0 Å². The Hall–Kier alpha value is -0.170. The molecule has 0 fully saturated rings. The fourth-order valence-corrected chi connectivity index (χ4v) is 2.41.